The molecule has 0 saturated heterocycles. The topological polar surface area (TPSA) is 0 Å². The molecule has 0 atom stereocenters. The molecule has 0 unspecified atom stereocenters. The summed E-state index contributed by atoms with van der Waals surface area (Å²) >= 11 is 17.1. The van der Waals surface area contributed by atoms with E-state index >= 15 is 0 Å². The highest BCUT2D eigenvalue weighted by atomic mass is 79.9. The van der Waals surface area contributed by atoms with Crippen molar-refractivity contribution in [2.75, 3.05) is 5.75 Å². The third kappa shape index (κ3) is 3.05. The summed E-state index contributed by atoms with van der Waals surface area (Å²) in [6.07, 6.45) is 0. The molecule has 0 radical (unpaired) electrons. The molecule has 0 aliphatic heterocycles. The van der Waals surface area contributed by atoms with Crippen molar-refractivity contribution in [3.63, 3.8) is 0 Å². The van der Waals surface area contributed by atoms with Crippen molar-refractivity contribution in [2.24, 2.45) is 0 Å². The predicted octanol–water partition coefficient (Wildman–Crippen LogP) is 5.00. The average Bonchev–Trinajstić information content (AvgIpc) is 2.09. The van der Waals surface area contributed by atoms with Crippen LogP contribution in [0.4, 0.5) is 0 Å². The molecular formula is C9H9BrCl2S. The van der Waals surface area contributed by atoms with E-state index in [1.165, 1.54) is 0 Å². The van der Waals surface area contributed by atoms with E-state index in [2.05, 4.69) is 22.9 Å². The molecule has 1 aromatic rings. The molecule has 0 aliphatic carbocycles. The van der Waals surface area contributed by atoms with Gasteiger partial charge in [-0.3, -0.25) is 0 Å². The van der Waals surface area contributed by atoms with Gasteiger partial charge in [-0.25, -0.2) is 0 Å². The fourth-order valence-electron chi connectivity index (χ4n) is 1.02. The fourth-order valence-corrected chi connectivity index (χ4v) is 3.15. The quantitative estimate of drug-likeness (QED) is 0.559. The lowest BCUT2D eigenvalue weighted by Crippen LogP contribution is -1.86. The van der Waals surface area contributed by atoms with E-state index in [1.54, 1.807) is 17.8 Å². The molecule has 72 valence electrons. The minimum atomic E-state index is 0.694. The van der Waals surface area contributed by atoms with E-state index in [-0.39, 0.29) is 0 Å². The zero-order valence-electron chi connectivity index (χ0n) is 7.11. The molecule has 0 N–H and O–H groups in total. The van der Waals surface area contributed by atoms with Crippen LogP contribution in [0.5, 0.6) is 0 Å². The van der Waals surface area contributed by atoms with Gasteiger partial charge in [0.2, 0.25) is 0 Å². The molecule has 1 aromatic carbocycles. The molecule has 0 aromatic heterocycles. The Labute approximate surface area is 101 Å². The van der Waals surface area contributed by atoms with Crippen molar-refractivity contribution in [2.45, 2.75) is 17.1 Å². The van der Waals surface area contributed by atoms with E-state index < -0.39 is 0 Å². The van der Waals surface area contributed by atoms with E-state index in [0.29, 0.717) is 5.02 Å². The number of halogens is 3. The van der Waals surface area contributed by atoms with Gasteiger partial charge in [-0.05, 0) is 23.4 Å². The number of benzene rings is 1. The molecule has 0 nitrogen and oxygen atoms in total. The summed E-state index contributed by atoms with van der Waals surface area (Å²) in [4.78, 5) is 1.13. The second-order valence-corrected chi connectivity index (χ2v) is 5.12. The largest absolute Gasteiger partial charge is 0.125 e. The summed E-state index contributed by atoms with van der Waals surface area (Å²) in [5.41, 5.74) is 1.16. The van der Waals surface area contributed by atoms with Crippen molar-refractivity contribution in [1.29, 1.82) is 0 Å². The monoisotopic (exact) mass is 298 g/mol. The highest BCUT2D eigenvalue weighted by molar-refractivity contribution is 9.08. The van der Waals surface area contributed by atoms with Crippen molar-refractivity contribution in [3.8, 4) is 0 Å². The van der Waals surface area contributed by atoms with Crippen LogP contribution in [0, 0.1) is 0 Å². The first-order valence-electron chi connectivity index (χ1n) is 3.85. The normalized spacial score (nSPS) is 10.5. The maximum atomic E-state index is 6.07. The average molecular weight is 300 g/mol. The van der Waals surface area contributed by atoms with Gasteiger partial charge in [0.15, 0.2) is 0 Å². The molecule has 0 fully saturated rings. The lowest BCUT2D eigenvalue weighted by molar-refractivity contribution is 1.28. The van der Waals surface area contributed by atoms with E-state index in [9.17, 15) is 0 Å². The first-order valence-corrected chi connectivity index (χ1v) is 6.72. The van der Waals surface area contributed by atoms with Gasteiger partial charge in [-0.15, -0.1) is 11.8 Å². The van der Waals surface area contributed by atoms with Crippen molar-refractivity contribution in [1.82, 2.24) is 0 Å². The highest BCUT2D eigenvalue weighted by Crippen LogP contribution is 2.34. The van der Waals surface area contributed by atoms with Gasteiger partial charge in [0, 0.05) is 15.2 Å². The molecule has 13 heavy (non-hydrogen) atoms. The minimum Gasteiger partial charge on any atom is -0.125 e. The van der Waals surface area contributed by atoms with Crippen LogP contribution >= 0.6 is 50.9 Å². The molecule has 1 rings (SSSR count). The van der Waals surface area contributed by atoms with Crippen LogP contribution in [0.25, 0.3) is 0 Å². The molecule has 0 aliphatic rings. The van der Waals surface area contributed by atoms with Crippen LogP contribution in [0.2, 0.25) is 10.0 Å². The predicted molar refractivity (Wildman–Crippen MR) is 65.5 cm³/mol. The van der Waals surface area contributed by atoms with Crippen molar-refractivity contribution < 1.29 is 0 Å². The number of hydrogen-bond donors (Lipinski definition) is 0. The summed E-state index contributed by atoms with van der Waals surface area (Å²) < 4.78 is 0. The van der Waals surface area contributed by atoms with E-state index in [4.69, 9.17) is 23.2 Å². The molecule has 0 saturated carbocycles. The molecule has 0 spiro atoms. The van der Waals surface area contributed by atoms with Crippen LogP contribution in [-0.2, 0) is 5.33 Å². The van der Waals surface area contributed by atoms with Gasteiger partial charge < -0.3 is 0 Å². The first kappa shape index (κ1) is 11.7. The molecule has 0 heterocycles. The zero-order valence-corrected chi connectivity index (χ0v) is 11.0. The Balaban J connectivity index is 3.13. The maximum Gasteiger partial charge on any atom is 0.0559 e. The van der Waals surface area contributed by atoms with Gasteiger partial charge >= 0.3 is 0 Å². The number of hydrogen-bond acceptors (Lipinski definition) is 1. The van der Waals surface area contributed by atoms with E-state index in [1.807, 2.05) is 6.07 Å². The Bertz CT molecular complexity index is 302. The number of alkyl halides is 1. The molecule has 4 heteroatoms. The third-order valence-electron chi connectivity index (χ3n) is 1.52. The Morgan fingerprint density at radius 1 is 1.38 bits per heavy atom. The van der Waals surface area contributed by atoms with Gasteiger partial charge in [0.1, 0.15) is 0 Å². The minimum absolute atomic E-state index is 0.694. The molecule has 0 bridgehead atoms. The standard InChI is InChI=1S/C9H9BrCl2S/c1-2-13-9-6(5-10)3-7(11)4-8(9)12/h3-4H,2,5H2,1H3. The van der Waals surface area contributed by atoms with Crippen LogP contribution in [-0.4, -0.2) is 5.75 Å². The summed E-state index contributed by atoms with van der Waals surface area (Å²) in [5.74, 6) is 1.02. The van der Waals surface area contributed by atoms with Gasteiger partial charge in [0.05, 0.1) is 5.02 Å². The Hall–Kier alpha value is 0.630. The zero-order chi connectivity index (χ0) is 9.84. The third-order valence-corrected chi connectivity index (χ3v) is 3.81. The smallest absolute Gasteiger partial charge is 0.0559 e. The van der Waals surface area contributed by atoms with Gasteiger partial charge in [-0.2, -0.15) is 0 Å². The number of thioether (sulfide) groups is 1. The summed E-state index contributed by atoms with van der Waals surface area (Å²) in [6, 6.07) is 3.73. The molecular weight excluding hydrogens is 291 g/mol. The Morgan fingerprint density at radius 2 is 2.08 bits per heavy atom. The van der Waals surface area contributed by atoms with Gasteiger partial charge in [0.25, 0.3) is 0 Å². The van der Waals surface area contributed by atoms with Gasteiger partial charge in [-0.1, -0.05) is 46.1 Å². The maximum absolute atomic E-state index is 6.07. The lowest BCUT2D eigenvalue weighted by Gasteiger charge is -2.08. The first-order chi connectivity index (χ1) is 6.19. The Morgan fingerprint density at radius 3 is 2.62 bits per heavy atom. The summed E-state index contributed by atoms with van der Waals surface area (Å²) in [6.45, 7) is 2.10. The highest BCUT2D eigenvalue weighted by Gasteiger charge is 2.07. The fraction of sp³-hybridized carbons (Fsp3) is 0.333. The van der Waals surface area contributed by atoms with Crippen LogP contribution < -0.4 is 0 Å². The van der Waals surface area contributed by atoms with E-state index in [0.717, 1.165) is 26.6 Å². The van der Waals surface area contributed by atoms with Crippen LogP contribution in [0.15, 0.2) is 17.0 Å². The van der Waals surface area contributed by atoms with Crippen molar-refractivity contribution >= 4 is 50.9 Å². The van der Waals surface area contributed by atoms with Crippen LogP contribution in [0.1, 0.15) is 12.5 Å². The summed E-state index contributed by atoms with van der Waals surface area (Å²) in [7, 11) is 0. The summed E-state index contributed by atoms with van der Waals surface area (Å²) in [5, 5.41) is 2.23. The number of rotatable bonds is 3. The van der Waals surface area contributed by atoms with Crippen molar-refractivity contribution in [3.05, 3.63) is 27.7 Å². The SMILES string of the molecule is CCSc1c(Cl)cc(Cl)cc1CBr. The Kier molecular flexibility index (Phi) is 4.95. The second-order valence-electron chi connectivity index (χ2n) is 2.44. The second kappa shape index (κ2) is 5.50. The lowest BCUT2D eigenvalue weighted by atomic mass is 10.2. The van der Waals surface area contributed by atoms with Crippen LogP contribution in [0.3, 0.4) is 0 Å². The molecule has 0 amide bonds.